The summed E-state index contributed by atoms with van der Waals surface area (Å²) < 4.78 is 0. The van der Waals surface area contributed by atoms with Gasteiger partial charge in [0.1, 0.15) is 0 Å². The lowest BCUT2D eigenvalue weighted by atomic mass is 10.0. The van der Waals surface area contributed by atoms with Crippen molar-refractivity contribution < 1.29 is 28.8 Å². The summed E-state index contributed by atoms with van der Waals surface area (Å²) in [6, 6.07) is 22.5. The van der Waals surface area contributed by atoms with Crippen LogP contribution in [0.15, 0.2) is 118 Å². The second-order valence-electron chi connectivity index (χ2n) is 14.6. The second kappa shape index (κ2) is 21.8. The number of benzene rings is 5. The van der Waals surface area contributed by atoms with Crippen LogP contribution in [0, 0.1) is 13.8 Å². The Kier molecular flexibility index (Phi) is 16.6. The molecule has 4 atom stereocenters. The minimum absolute atomic E-state index is 0.124. The first-order valence-corrected chi connectivity index (χ1v) is 21.2. The van der Waals surface area contributed by atoms with E-state index in [9.17, 15) is 28.8 Å². The van der Waals surface area contributed by atoms with Gasteiger partial charge in [-0.05, 0) is 137 Å². The number of hydrogen-bond acceptors (Lipinski definition) is 10. The number of Topliss-reactive ketones (excluding diaryl/α,β-unsaturated/α-hetero) is 2. The number of amides is 4. The lowest BCUT2D eigenvalue weighted by molar-refractivity contribution is -0.127. The predicted octanol–water partition coefficient (Wildman–Crippen LogP) is 12.1. The molecule has 5 rings (SSSR count). The predicted molar refractivity (Wildman–Crippen MR) is 251 cm³/mol. The molecule has 0 heterocycles. The van der Waals surface area contributed by atoms with E-state index in [1.54, 1.807) is 62.4 Å². The molecule has 0 aliphatic heterocycles. The van der Waals surface area contributed by atoms with E-state index in [1.165, 1.54) is 62.4 Å². The molecular weight excluding hydrogens is 902 g/mol. The zero-order chi connectivity index (χ0) is 46.8. The standard InChI is InChI=1S/C46H42Cl4N8O6/c1-23-24(2)40(54-46(64)42(28(6)60)58-56-38-20-32(18-34(50)22-38)44(62)52-36-13-9-30(10-14-36)26(4)48)16-15-39(23)53-45(63)41(27(5)59)57-55-37-19-31(17-33(49)21-37)43(61)51-35-11-7-29(8-12-35)25(3)47/h7-22,25-26,41-42H,1-6H3,(H,51,61)(H,52,62)(H,53,63)(H,54,64). The smallest absolute Gasteiger partial charge is 0.258 e. The van der Waals surface area contributed by atoms with E-state index in [0.29, 0.717) is 33.9 Å². The molecule has 0 bridgehead atoms. The van der Waals surface area contributed by atoms with Crippen molar-refractivity contribution in [3.05, 3.63) is 140 Å². The molecule has 330 valence electrons. The molecule has 4 amide bonds. The quantitative estimate of drug-likeness (QED) is 0.0431. The van der Waals surface area contributed by atoms with Crippen LogP contribution in [0.3, 0.4) is 0 Å². The maximum absolute atomic E-state index is 13.4. The number of hydrogen-bond donors (Lipinski definition) is 4. The van der Waals surface area contributed by atoms with Gasteiger partial charge in [0, 0.05) is 43.9 Å². The van der Waals surface area contributed by atoms with Gasteiger partial charge in [0.15, 0.2) is 11.6 Å². The van der Waals surface area contributed by atoms with Gasteiger partial charge in [0.05, 0.1) is 22.1 Å². The van der Waals surface area contributed by atoms with E-state index >= 15 is 0 Å². The van der Waals surface area contributed by atoms with Crippen LogP contribution >= 0.6 is 46.4 Å². The number of carbonyl (C=O) groups excluding carboxylic acids is 6. The van der Waals surface area contributed by atoms with Crippen molar-refractivity contribution in [1.82, 2.24) is 0 Å². The Balaban J connectivity index is 1.24. The summed E-state index contributed by atoms with van der Waals surface area (Å²) in [5.74, 6) is -3.76. The van der Waals surface area contributed by atoms with E-state index in [-0.39, 0.29) is 43.3 Å². The molecule has 0 fully saturated rings. The third kappa shape index (κ3) is 13.1. The average Bonchev–Trinajstić information content (AvgIpc) is 3.23. The molecule has 4 N–H and O–H groups in total. The highest BCUT2D eigenvalue weighted by Gasteiger charge is 2.26. The van der Waals surface area contributed by atoms with E-state index < -0.39 is 47.3 Å². The van der Waals surface area contributed by atoms with Gasteiger partial charge in [0.25, 0.3) is 23.6 Å². The van der Waals surface area contributed by atoms with Crippen molar-refractivity contribution >= 4 is 116 Å². The van der Waals surface area contributed by atoms with E-state index in [4.69, 9.17) is 46.4 Å². The molecule has 14 nitrogen and oxygen atoms in total. The minimum Gasteiger partial charge on any atom is -0.324 e. The molecule has 64 heavy (non-hydrogen) atoms. The average molecular weight is 945 g/mol. The normalized spacial score (nSPS) is 13.2. The van der Waals surface area contributed by atoms with Crippen LogP contribution in [-0.2, 0) is 19.2 Å². The largest absolute Gasteiger partial charge is 0.324 e. The molecule has 0 aliphatic carbocycles. The van der Waals surface area contributed by atoms with Crippen molar-refractivity contribution in [2.75, 3.05) is 21.3 Å². The van der Waals surface area contributed by atoms with Crippen molar-refractivity contribution in [1.29, 1.82) is 0 Å². The van der Waals surface area contributed by atoms with E-state index in [2.05, 4.69) is 41.7 Å². The zero-order valence-electron chi connectivity index (χ0n) is 35.3. The van der Waals surface area contributed by atoms with Gasteiger partial charge in [-0.1, -0.05) is 47.5 Å². The summed E-state index contributed by atoms with van der Waals surface area (Å²) in [5, 5.41) is 27.0. The van der Waals surface area contributed by atoms with Gasteiger partial charge in [0.2, 0.25) is 12.1 Å². The fourth-order valence-corrected chi connectivity index (χ4v) is 6.72. The summed E-state index contributed by atoms with van der Waals surface area (Å²) >= 11 is 24.8. The van der Waals surface area contributed by atoms with Gasteiger partial charge in [-0.25, -0.2) is 0 Å². The molecule has 0 radical (unpaired) electrons. The molecule has 0 aromatic heterocycles. The van der Waals surface area contributed by atoms with Gasteiger partial charge in [-0.2, -0.15) is 20.5 Å². The Morgan fingerprint density at radius 3 is 1.16 bits per heavy atom. The zero-order valence-corrected chi connectivity index (χ0v) is 38.3. The summed E-state index contributed by atoms with van der Waals surface area (Å²) in [6.07, 6.45) is 0. The fraction of sp³-hybridized carbons (Fsp3) is 0.217. The second-order valence-corrected chi connectivity index (χ2v) is 16.8. The molecule has 5 aromatic carbocycles. The number of anilines is 4. The van der Waals surface area contributed by atoms with Crippen molar-refractivity contribution in [2.45, 2.75) is 64.4 Å². The van der Waals surface area contributed by atoms with Crippen LogP contribution in [0.2, 0.25) is 10.0 Å². The number of alkyl halides is 2. The summed E-state index contributed by atoms with van der Waals surface area (Å²) in [5.41, 5.74) is 5.07. The highest BCUT2D eigenvalue weighted by atomic mass is 35.5. The van der Waals surface area contributed by atoms with Crippen molar-refractivity contribution in [3.8, 4) is 0 Å². The number of ketones is 2. The Morgan fingerprint density at radius 2 is 0.844 bits per heavy atom. The molecule has 0 aliphatic rings. The Morgan fingerprint density at radius 1 is 0.500 bits per heavy atom. The fourth-order valence-electron chi connectivity index (χ4n) is 5.97. The summed E-state index contributed by atoms with van der Waals surface area (Å²) in [6.45, 7) is 9.40. The maximum Gasteiger partial charge on any atom is 0.258 e. The number of nitrogens with one attached hydrogen (secondary N) is 4. The Bertz CT molecular complexity index is 2490. The van der Waals surface area contributed by atoms with Gasteiger partial charge in [-0.3, -0.25) is 28.8 Å². The molecule has 4 unspecified atom stereocenters. The molecule has 0 saturated carbocycles. The number of halogens is 4. The summed E-state index contributed by atoms with van der Waals surface area (Å²) in [4.78, 5) is 78.1. The van der Waals surface area contributed by atoms with Gasteiger partial charge >= 0.3 is 0 Å². The highest BCUT2D eigenvalue weighted by molar-refractivity contribution is 6.31. The first-order valence-electron chi connectivity index (χ1n) is 19.6. The van der Waals surface area contributed by atoms with Crippen LogP contribution < -0.4 is 21.3 Å². The molecule has 18 heteroatoms. The van der Waals surface area contributed by atoms with Crippen molar-refractivity contribution in [2.24, 2.45) is 20.5 Å². The third-order valence-corrected chi connectivity index (χ3v) is 10.6. The third-order valence-electron chi connectivity index (χ3n) is 9.69. The van der Waals surface area contributed by atoms with Gasteiger partial charge < -0.3 is 21.3 Å². The topological polar surface area (TPSA) is 200 Å². The van der Waals surface area contributed by atoms with Crippen molar-refractivity contribution in [3.63, 3.8) is 0 Å². The Labute approximate surface area is 389 Å². The SMILES string of the molecule is CC(=O)C(N=Nc1cc(Cl)cc(C(=O)Nc2ccc(C(C)Cl)cc2)c1)C(=O)Nc1ccc(NC(=O)C(N=Nc2cc(Cl)cc(C(=O)Nc3ccc(C(C)Cl)cc3)c2)C(C)=O)c(C)c1C. The minimum atomic E-state index is -1.57. The maximum atomic E-state index is 13.4. The molecule has 0 saturated heterocycles. The van der Waals surface area contributed by atoms with Crippen LogP contribution in [0.1, 0.15) is 81.4 Å². The van der Waals surface area contributed by atoms with Crippen LogP contribution in [0.5, 0.6) is 0 Å². The first-order chi connectivity index (χ1) is 30.3. The van der Waals surface area contributed by atoms with Crippen LogP contribution in [0.4, 0.5) is 34.1 Å². The number of rotatable bonds is 16. The lowest BCUT2D eigenvalue weighted by Crippen LogP contribution is -2.33. The monoisotopic (exact) mass is 942 g/mol. The number of nitrogens with zero attached hydrogens (tertiary/aromatic N) is 4. The first kappa shape index (κ1) is 48.7. The van der Waals surface area contributed by atoms with Gasteiger partial charge in [-0.15, -0.1) is 23.2 Å². The highest BCUT2D eigenvalue weighted by Crippen LogP contribution is 2.29. The van der Waals surface area contributed by atoms with E-state index in [1.807, 2.05) is 13.8 Å². The number of azo groups is 2. The summed E-state index contributed by atoms with van der Waals surface area (Å²) in [7, 11) is 0. The lowest BCUT2D eigenvalue weighted by Gasteiger charge is -2.17. The molecule has 5 aromatic rings. The molecule has 0 spiro atoms. The Hall–Kier alpha value is -6.32. The van der Waals surface area contributed by atoms with E-state index in [0.717, 1.165) is 11.1 Å². The number of carbonyl (C=O) groups is 6. The molecular formula is C46H42Cl4N8O6. The van der Waals surface area contributed by atoms with Crippen LogP contribution in [0.25, 0.3) is 0 Å². The van der Waals surface area contributed by atoms with Crippen LogP contribution in [-0.4, -0.2) is 47.3 Å².